The molecule has 1 aromatic carbocycles. The molecule has 0 spiro atoms. The second-order valence-electron chi connectivity index (χ2n) is 4.02. The maximum absolute atomic E-state index is 5.46. The molecule has 17 heavy (non-hydrogen) atoms. The molecule has 0 aliphatic rings. The van der Waals surface area contributed by atoms with E-state index in [1.54, 1.807) is 7.11 Å². The van der Waals surface area contributed by atoms with Gasteiger partial charge in [0.2, 0.25) is 5.95 Å². The number of aromatic amines is 1. The third kappa shape index (κ3) is 2.75. The van der Waals surface area contributed by atoms with Crippen molar-refractivity contribution >= 4 is 5.95 Å². The van der Waals surface area contributed by atoms with Crippen molar-refractivity contribution in [2.24, 2.45) is 0 Å². The number of aromatic nitrogens is 3. The lowest BCUT2D eigenvalue weighted by Gasteiger charge is -2.10. The highest BCUT2D eigenvalue weighted by molar-refractivity contribution is 5.29. The molecule has 0 radical (unpaired) electrons. The van der Waals surface area contributed by atoms with Crippen molar-refractivity contribution in [2.75, 3.05) is 12.8 Å². The van der Waals surface area contributed by atoms with Crippen molar-refractivity contribution in [1.29, 1.82) is 0 Å². The molecule has 2 aromatic rings. The maximum Gasteiger partial charge on any atom is 0.239 e. The molecule has 5 nitrogen and oxygen atoms in total. The van der Waals surface area contributed by atoms with Gasteiger partial charge in [-0.15, -0.1) is 5.10 Å². The second kappa shape index (κ2) is 4.86. The topological polar surface area (TPSA) is 76.8 Å². The van der Waals surface area contributed by atoms with Crippen LogP contribution in [0, 0.1) is 0 Å². The lowest BCUT2D eigenvalue weighted by atomic mass is 9.97. The zero-order valence-corrected chi connectivity index (χ0v) is 9.97. The van der Waals surface area contributed by atoms with Crippen LogP contribution < -0.4 is 10.5 Å². The average Bonchev–Trinajstić information content (AvgIpc) is 2.75. The molecule has 0 fully saturated rings. The van der Waals surface area contributed by atoms with Crippen LogP contribution in [0.25, 0.3) is 0 Å². The minimum Gasteiger partial charge on any atom is -0.497 e. The van der Waals surface area contributed by atoms with Gasteiger partial charge in [-0.2, -0.15) is 4.98 Å². The summed E-state index contributed by atoms with van der Waals surface area (Å²) in [6.07, 6.45) is 0.788. The Morgan fingerprint density at radius 2 is 2.06 bits per heavy atom. The van der Waals surface area contributed by atoms with Crippen molar-refractivity contribution in [3.8, 4) is 5.75 Å². The number of H-pyrrole nitrogens is 1. The van der Waals surface area contributed by atoms with Gasteiger partial charge in [0.1, 0.15) is 11.6 Å². The van der Waals surface area contributed by atoms with E-state index in [4.69, 9.17) is 10.5 Å². The molecule has 0 amide bonds. The van der Waals surface area contributed by atoms with Gasteiger partial charge in [0.15, 0.2) is 0 Å². The zero-order chi connectivity index (χ0) is 12.3. The van der Waals surface area contributed by atoms with Crippen molar-refractivity contribution in [2.45, 2.75) is 19.3 Å². The smallest absolute Gasteiger partial charge is 0.239 e. The summed E-state index contributed by atoms with van der Waals surface area (Å²) in [7, 11) is 1.66. The van der Waals surface area contributed by atoms with E-state index in [2.05, 4.69) is 34.2 Å². The van der Waals surface area contributed by atoms with E-state index in [-0.39, 0.29) is 0 Å². The Balaban J connectivity index is 2.06. The number of hydrogen-bond donors (Lipinski definition) is 2. The number of nitrogens with one attached hydrogen (secondary N) is 1. The molecule has 0 saturated heterocycles. The van der Waals surface area contributed by atoms with Crippen molar-refractivity contribution in [3.63, 3.8) is 0 Å². The number of rotatable bonds is 4. The highest BCUT2D eigenvalue weighted by Gasteiger charge is 2.09. The van der Waals surface area contributed by atoms with Crippen LogP contribution in [0.15, 0.2) is 24.3 Å². The predicted molar refractivity (Wildman–Crippen MR) is 65.9 cm³/mol. The molecule has 90 valence electrons. The summed E-state index contributed by atoms with van der Waals surface area (Å²) in [5.74, 6) is 2.32. The van der Waals surface area contributed by atoms with E-state index < -0.39 is 0 Å². The number of methoxy groups -OCH3 is 1. The van der Waals surface area contributed by atoms with E-state index in [1.165, 1.54) is 5.56 Å². The number of nitrogens with two attached hydrogens (primary N) is 1. The summed E-state index contributed by atoms with van der Waals surface area (Å²) < 4.78 is 5.13. The normalized spacial score (nSPS) is 12.4. The van der Waals surface area contributed by atoms with E-state index in [0.717, 1.165) is 18.0 Å². The van der Waals surface area contributed by atoms with Gasteiger partial charge in [-0.05, 0) is 23.6 Å². The maximum atomic E-state index is 5.46. The highest BCUT2D eigenvalue weighted by atomic mass is 16.5. The highest BCUT2D eigenvalue weighted by Crippen LogP contribution is 2.21. The molecule has 5 heteroatoms. The van der Waals surface area contributed by atoms with Gasteiger partial charge in [-0.1, -0.05) is 19.1 Å². The summed E-state index contributed by atoms with van der Waals surface area (Å²) >= 11 is 0. The molecule has 2 rings (SSSR count). The Morgan fingerprint density at radius 1 is 1.35 bits per heavy atom. The molecule has 0 saturated carbocycles. The summed E-state index contributed by atoms with van der Waals surface area (Å²) in [5, 5.41) is 6.63. The molecule has 0 aliphatic heterocycles. The van der Waals surface area contributed by atoms with Crippen LogP contribution in [0.2, 0.25) is 0 Å². The first kappa shape index (κ1) is 11.4. The molecular weight excluding hydrogens is 216 g/mol. The average molecular weight is 232 g/mol. The van der Waals surface area contributed by atoms with Gasteiger partial charge >= 0.3 is 0 Å². The number of nitrogens with zero attached hydrogens (tertiary/aromatic N) is 2. The Morgan fingerprint density at radius 3 is 2.59 bits per heavy atom. The zero-order valence-electron chi connectivity index (χ0n) is 9.97. The first-order valence-electron chi connectivity index (χ1n) is 5.49. The number of benzene rings is 1. The summed E-state index contributed by atoms with van der Waals surface area (Å²) in [6, 6.07) is 8.04. The quantitative estimate of drug-likeness (QED) is 0.841. The van der Waals surface area contributed by atoms with Crippen LogP contribution in [-0.4, -0.2) is 22.3 Å². The summed E-state index contributed by atoms with van der Waals surface area (Å²) in [6.45, 7) is 2.14. The lowest BCUT2D eigenvalue weighted by molar-refractivity contribution is 0.414. The minimum absolute atomic E-state index is 0.293. The van der Waals surface area contributed by atoms with Crippen molar-refractivity contribution in [3.05, 3.63) is 35.7 Å². The van der Waals surface area contributed by atoms with Crippen LogP contribution >= 0.6 is 0 Å². The number of ether oxygens (including phenoxy) is 1. The van der Waals surface area contributed by atoms with Gasteiger partial charge in [0.05, 0.1) is 7.11 Å². The van der Waals surface area contributed by atoms with Crippen LogP contribution in [0.5, 0.6) is 5.75 Å². The Bertz CT molecular complexity index is 478. The van der Waals surface area contributed by atoms with Gasteiger partial charge in [-0.25, -0.2) is 0 Å². The van der Waals surface area contributed by atoms with Crippen molar-refractivity contribution < 1.29 is 4.74 Å². The van der Waals surface area contributed by atoms with E-state index >= 15 is 0 Å². The third-order valence-electron chi connectivity index (χ3n) is 2.73. The Hall–Kier alpha value is -2.04. The predicted octanol–water partition coefficient (Wildman–Crippen LogP) is 1.74. The van der Waals surface area contributed by atoms with Crippen LogP contribution in [0.1, 0.15) is 24.2 Å². The Kier molecular flexibility index (Phi) is 3.27. The SMILES string of the molecule is COc1ccc([C@@H](C)Cc2nc(N)n[nH]2)cc1. The first-order valence-corrected chi connectivity index (χ1v) is 5.49. The van der Waals surface area contributed by atoms with Gasteiger partial charge < -0.3 is 10.5 Å². The van der Waals surface area contributed by atoms with Crippen LogP contribution in [-0.2, 0) is 6.42 Å². The number of hydrogen-bond acceptors (Lipinski definition) is 4. The van der Waals surface area contributed by atoms with Crippen LogP contribution in [0.3, 0.4) is 0 Å². The van der Waals surface area contributed by atoms with E-state index in [9.17, 15) is 0 Å². The fraction of sp³-hybridized carbons (Fsp3) is 0.333. The molecule has 1 aromatic heterocycles. The number of nitrogen functional groups attached to an aromatic ring is 1. The molecule has 0 aliphatic carbocycles. The first-order chi connectivity index (χ1) is 8.19. The van der Waals surface area contributed by atoms with Gasteiger partial charge in [-0.3, -0.25) is 5.10 Å². The fourth-order valence-electron chi connectivity index (χ4n) is 1.74. The van der Waals surface area contributed by atoms with E-state index in [1.807, 2.05) is 12.1 Å². The molecular formula is C12H16N4O. The van der Waals surface area contributed by atoms with Gasteiger partial charge in [0.25, 0.3) is 0 Å². The largest absolute Gasteiger partial charge is 0.497 e. The standard InChI is InChI=1S/C12H16N4O/c1-8(7-11-14-12(13)16-15-11)9-3-5-10(17-2)6-4-9/h3-6,8H,7H2,1-2H3,(H3,13,14,15,16)/t8-/m0/s1. The van der Waals surface area contributed by atoms with Gasteiger partial charge in [0, 0.05) is 6.42 Å². The molecule has 0 unspecified atom stereocenters. The number of anilines is 1. The fourth-order valence-corrected chi connectivity index (χ4v) is 1.74. The lowest BCUT2D eigenvalue weighted by Crippen LogP contribution is -2.00. The summed E-state index contributed by atoms with van der Waals surface area (Å²) in [5.41, 5.74) is 6.70. The minimum atomic E-state index is 0.293. The molecule has 1 atom stereocenters. The Labute approximate surface area is 100 Å². The summed E-state index contributed by atoms with van der Waals surface area (Å²) in [4.78, 5) is 4.10. The molecule has 1 heterocycles. The van der Waals surface area contributed by atoms with Crippen molar-refractivity contribution in [1.82, 2.24) is 15.2 Å². The molecule has 0 bridgehead atoms. The van der Waals surface area contributed by atoms with E-state index in [0.29, 0.717) is 11.9 Å². The monoisotopic (exact) mass is 232 g/mol. The molecule has 3 N–H and O–H groups in total. The van der Waals surface area contributed by atoms with Crippen LogP contribution in [0.4, 0.5) is 5.95 Å². The second-order valence-corrected chi connectivity index (χ2v) is 4.02. The third-order valence-corrected chi connectivity index (χ3v) is 2.73.